The number of ketones is 1. The van der Waals surface area contributed by atoms with Gasteiger partial charge in [-0.05, 0) is 42.3 Å². The Kier molecular flexibility index (Phi) is 6.65. The van der Waals surface area contributed by atoms with E-state index in [0.717, 1.165) is 29.0 Å². The number of nitrogens with one attached hydrogen (secondary N) is 1. The molecule has 0 bridgehead atoms. The van der Waals surface area contributed by atoms with Gasteiger partial charge in [0.05, 0.1) is 16.3 Å². The fourth-order valence-electron chi connectivity index (χ4n) is 3.43. The van der Waals surface area contributed by atoms with Gasteiger partial charge in [-0.1, -0.05) is 60.1 Å². The summed E-state index contributed by atoms with van der Waals surface area (Å²) in [6.45, 7) is 1.87. The number of halogens is 4. The molecule has 0 saturated carbocycles. The minimum Gasteiger partial charge on any atom is -0.324 e. The normalized spacial score (nSPS) is 11.3. The molecule has 3 aromatic carbocycles. The quantitative estimate of drug-likeness (QED) is 0.294. The van der Waals surface area contributed by atoms with Crippen LogP contribution < -0.4 is 5.32 Å². The van der Waals surface area contributed by atoms with E-state index in [1.165, 1.54) is 6.07 Å². The highest BCUT2D eigenvalue weighted by Crippen LogP contribution is 2.35. The van der Waals surface area contributed by atoms with Crippen LogP contribution >= 0.6 is 11.6 Å². The highest BCUT2D eigenvalue weighted by Gasteiger charge is 2.33. The third kappa shape index (κ3) is 5.43. The van der Waals surface area contributed by atoms with Gasteiger partial charge in [0.25, 0.3) is 0 Å². The number of hydrogen-bond donors (Lipinski definition) is 1. The van der Waals surface area contributed by atoms with Gasteiger partial charge in [0.15, 0.2) is 5.78 Å². The Morgan fingerprint density at radius 3 is 2.50 bits per heavy atom. The third-order valence-corrected chi connectivity index (χ3v) is 5.56. The molecule has 0 saturated heterocycles. The van der Waals surface area contributed by atoms with Gasteiger partial charge in [0.2, 0.25) is 5.95 Å². The van der Waals surface area contributed by atoms with E-state index in [-0.39, 0.29) is 17.8 Å². The average Bonchev–Trinajstić information content (AvgIpc) is 2.82. The van der Waals surface area contributed by atoms with Crippen LogP contribution in [0.15, 0.2) is 79.0 Å². The minimum absolute atomic E-state index is 0.192. The molecule has 1 heterocycles. The molecule has 4 aromatic rings. The first kappa shape index (κ1) is 23.4. The fourth-order valence-corrected chi connectivity index (χ4v) is 3.65. The van der Waals surface area contributed by atoms with Gasteiger partial charge in [-0.15, -0.1) is 0 Å². The number of nitrogens with zero attached hydrogens (tertiary/aromatic N) is 2. The molecular weight excluding hydrogens is 463 g/mol. The zero-order chi connectivity index (χ0) is 24.3. The topological polar surface area (TPSA) is 54.9 Å². The lowest BCUT2D eigenvalue weighted by molar-refractivity contribution is -0.137. The van der Waals surface area contributed by atoms with Crippen LogP contribution in [0.4, 0.5) is 24.8 Å². The maximum Gasteiger partial charge on any atom is 0.417 e. The Bertz CT molecular complexity index is 1340. The standard InChI is InChI=1S/C26H19ClF3N3O/c1-16-7-9-19(24(34)14-17-8-10-21(27)20(13-17)26(28,29)30)15-23(16)33-25-31-12-11-22(32-25)18-5-3-2-4-6-18/h2-13,15H,14H2,1H3,(H,31,32,33). The summed E-state index contributed by atoms with van der Waals surface area (Å²) in [4.78, 5) is 21.6. The largest absolute Gasteiger partial charge is 0.417 e. The summed E-state index contributed by atoms with van der Waals surface area (Å²) in [5.41, 5.74) is 2.80. The average molecular weight is 482 g/mol. The first-order valence-electron chi connectivity index (χ1n) is 10.4. The molecule has 4 nitrogen and oxygen atoms in total. The molecule has 0 radical (unpaired) electrons. The SMILES string of the molecule is Cc1ccc(C(=O)Cc2ccc(Cl)c(C(F)(F)F)c2)cc1Nc1nccc(-c2ccccc2)n1. The second kappa shape index (κ2) is 9.65. The molecule has 0 aliphatic heterocycles. The first-order chi connectivity index (χ1) is 16.2. The molecule has 0 aliphatic rings. The van der Waals surface area contributed by atoms with Crippen LogP contribution in [-0.4, -0.2) is 15.8 Å². The van der Waals surface area contributed by atoms with E-state index < -0.39 is 16.8 Å². The zero-order valence-electron chi connectivity index (χ0n) is 18.0. The summed E-state index contributed by atoms with van der Waals surface area (Å²) in [6, 6.07) is 20.0. The maximum absolute atomic E-state index is 13.1. The number of anilines is 2. The molecule has 0 aliphatic carbocycles. The molecule has 1 aromatic heterocycles. The van der Waals surface area contributed by atoms with E-state index in [0.29, 0.717) is 17.2 Å². The van der Waals surface area contributed by atoms with Crippen molar-refractivity contribution in [2.24, 2.45) is 0 Å². The Morgan fingerprint density at radius 2 is 1.76 bits per heavy atom. The molecule has 0 atom stereocenters. The van der Waals surface area contributed by atoms with Crippen molar-refractivity contribution in [1.29, 1.82) is 0 Å². The third-order valence-electron chi connectivity index (χ3n) is 5.23. The molecule has 172 valence electrons. The predicted molar refractivity (Wildman–Crippen MR) is 126 cm³/mol. The number of alkyl halides is 3. The monoisotopic (exact) mass is 481 g/mol. The van der Waals surface area contributed by atoms with Crippen molar-refractivity contribution in [2.45, 2.75) is 19.5 Å². The molecule has 0 amide bonds. The van der Waals surface area contributed by atoms with E-state index in [4.69, 9.17) is 11.6 Å². The van der Waals surface area contributed by atoms with E-state index in [9.17, 15) is 18.0 Å². The number of rotatable bonds is 6. The van der Waals surface area contributed by atoms with Gasteiger partial charge < -0.3 is 5.32 Å². The number of aryl methyl sites for hydroxylation is 1. The summed E-state index contributed by atoms with van der Waals surface area (Å²) < 4.78 is 39.4. The van der Waals surface area contributed by atoms with Crippen LogP contribution in [0.25, 0.3) is 11.3 Å². The molecular formula is C26H19ClF3N3O. The van der Waals surface area contributed by atoms with Crippen LogP contribution in [0.1, 0.15) is 27.0 Å². The zero-order valence-corrected chi connectivity index (χ0v) is 18.8. The number of Topliss-reactive ketones (excluding diaryl/α,β-unsaturated/α-hetero) is 1. The van der Waals surface area contributed by atoms with Crippen molar-refractivity contribution in [1.82, 2.24) is 9.97 Å². The van der Waals surface area contributed by atoms with Crippen molar-refractivity contribution in [3.8, 4) is 11.3 Å². The van der Waals surface area contributed by atoms with Crippen LogP contribution in [0.5, 0.6) is 0 Å². The summed E-state index contributed by atoms with van der Waals surface area (Å²) in [6.07, 6.45) is -3.14. The molecule has 0 spiro atoms. The summed E-state index contributed by atoms with van der Waals surface area (Å²) in [7, 11) is 0. The van der Waals surface area contributed by atoms with Gasteiger partial charge in [-0.2, -0.15) is 13.2 Å². The molecule has 0 unspecified atom stereocenters. The summed E-state index contributed by atoms with van der Waals surface area (Å²) >= 11 is 5.67. The minimum atomic E-state index is -4.59. The van der Waals surface area contributed by atoms with E-state index in [2.05, 4.69) is 15.3 Å². The highest BCUT2D eigenvalue weighted by atomic mass is 35.5. The lowest BCUT2D eigenvalue weighted by Gasteiger charge is -2.12. The summed E-state index contributed by atoms with van der Waals surface area (Å²) in [5, 5.41) is 2.74. The van der Waals surface area contributed by atoms with Gasteiger partial charge in [-0.3, -0.25) is 4.79 Å². The lowest BCUT2D eigenvalue weighted by atomic mass is 9.99. The molecule has 0 fully saturated rings. The highest BCUT2D eigenvalue weighted by molar-refractivity contribution is 6.31. The summed E-state index contributed by atoms with van der Waals surface area (Å²) in [5.74, 6) is 0.0408. The van der Waals surface area contributed by atoms with Crippen molar-refractivity contribution in [3.63, 3.8) is 0 Å². The Labute approximate surface area is 199 Å². The van der Waals surface area contributed by atoms with Gasteiger partial charge in [0, 0.05) is 29.4 Å². The predicted octanol–water partition coefficient (Wildman–Crippen LogP) is 7.29. The van der Waals surface area contributed by atoms with Crippen LogP contribution in [0, 0.1) is 6.92 Å². The Hall–Kier alpha value is -3.71. The molecule has 1 N–H and O–H groups in total. The maximum atomic E-state index is 13.1. The first-order valence-corrected chi connectivity index (χ1v) is 10.7. The van der Waals surface area contributed by atoms with Crippen molar-refractivity contribution in [3.05, 3.63) is 106 Å². The number of carbonyl (C=O) groups is 1. The van der Waals surface area contributed by atoms with Gasteiger partial charge in [-0.25, -0.2) is 9.97 Å². The van der Waals surface area contributed by atoms with Gasteiger partial charge in [0.1, 0.15) is 0 Å². The number of benzene rings is 3. The number of aromatic nitrogens is 2. The van der Waals surface area contributed by atoms with E-state index in [1.807, 2.05) is 37.3 Å². The van der Waals surface area contributed by atoms with E-state index >= 15 is 0 Å². The number of hydrogen-bond acceptors (Lipinski definition) is 4. The van der Waals surface area contributed by atoms with Crippen molar-refractivity contribution in [2.75, 3.05) is 5.32 Å². The van der Waals surface area contributed by atoms with Crippen LogP contribution in [0.2, 0.25) is 5.02 Å². The fraction of sp³-hybridized carbons (Fsp3) is 0.115. The van der Waals surface area contributed by atoms with E-state index in [1.54, 1.807) is 30.5 Å². The Balaban J connectivity index is 1.56. The molecule has 34 heavy (non-hydrogen) atoms. The Morgan fingerprint density at radius 1 is 1.00 bits per heavy atom. The second-order valence-corrected chi connectivity index (χ2v) is 8.11. The van der Waals surface area contributed by atoms with Crippen molar-refractivity contribution < 1.29 is 18.0 Å². The molecule has 4 rings (SSSR count). The molecule has 8 heteroatoms. The van der Waals surface area contributed by atoms with Crippen LogP contribution in [0.3, 0.4) is 0 Å². The van der Waals surface area contributed by atoms with Crippen LogP contribution in [-0.2, 0) is 12.6 Å². The van der Waals surface area contributed by atoms with Gasteiger partial charge >= 0.3 is 6.18 Å². The number of carbonyl (C=O) groups excluding carboxylic acids is 1. The lowest BCUT2D eigenvalue weighted by Crippen LogP contribution is -2.09. The second-order valence-electron chi connectivity index (χ2n) is 7.70. The smallest absolute Gasteiger partial charge is 0.324 e. The van der Waals surface area contributed by atoms with Crippen molar-refractivity contribution >= 4 is 29.0 Å².